The molecule has 0 aromatic carbocycles. The van der Waals surface area contributed by atoms with Crippen LogP contribution < -0.4 is 5.73 Å². The van der Waals surface area contributed by atoms with Gasteiger partial charge in [0.05, 0.1) is 12.1 Å². The fourth-order valence-corrected chi connectivity index (χ4v) is 3.23. The van der Waals surface area contributed by atoms with Gasteiger partial charge < -0.3 is 10.5 Å². The monoisotopic (exact) mass is 304 g/mol. The van der Waals surface area contributed by atoms with E-state index >= 15 is 0 Å². The van der Waals surface area contributed by atoms with Crippen LogP contribution in [0.5, 0.6) is 0 Å². The number of nitrogens with two attached hydrogens (primary N) is 1. The van der Waals surface area contributed by atoms with Crippen LogP contribution in [0.1, 0.15) is 32.8 Å². The van der Waals surface area contributed by atoms with Gasteiger partial charge in [-0.3, -0.25) is 9.80 Å². The molecule has 6 heteroatoms. The summed E-state index contributed by atoms with van der Waals surface area (Å²) in [5, 5.41) is 0. The Morgan fingerprint density at radius 2 is 2.05 bits per heavy atom. The summed E-state index contributed by atoms with van der Waals surface area (Å²) in [5.74, 6) is 0.543. The molecule has 0 saturated carbocycles. The normalized spacial score (nSPS) is 24.8. The maximum Gasteiger partial charge on any atom is 0.410 e. The molecule has 4 rings (SSSR count). The van der Waals surface area contributed by atoms with Crippen molar-refractivity contribution in [3.05, 3.63) is 23.9 Å². The predicted molar refractivity (Wildman–Crippen MR) is 84.2 cm³/mol. The van der Waals surface area contributed by atoms with Gasteiger partial charge in [0.2, 0.25) is 0 Å². The fraction of sp³-hybridized carbons (Fsp3) is 0.625. The second-order valence-electron chi connectivity index (χ2n) is 7.22. The van der Waals surface area contributed by atoms with Crippen LogP contribution in [-0.2, 0) is 11.3 Å². The molecule has 120 valence electrons. The van der Waals surface area contributed by atoms with Crippen molar-refractivity contribution < 1.29 is 9.53 Å². The molecule has 2 N–H and O–H groups in total. The van der Waals surface area contributed by atoms with E-state index in [0.717, 1.165) is 31.6 Å². The Kier molecular flexibility index (Phi) is 3.72. The van der Waals surface area contributed by atoms with Crippen molar-refractivity contribution in [2.45, 2.75) is 51.4 Å². The van der Waals surface area contributed by atoms with Crippen molar-refractivity contribution >= 4 is 11.9 Å². The molecule has 2 bridgehead atoms. The van der Waals surface area contributed by atoms with Gasteiger partial charge in [0.15, 0.2) is 0 Å². The molecule has 4 heterocycles. The SMILES string of the molecule is CC(C)(C)OC(=O)N1C2CC1CN(Cc1ccc(N)nc1)C2. The van der Waals surface area contributed by atoms with Crippen LogP contribution in [0.4, 0.5) is 10.6 Å². The van der Waals surface area contributed by atoms with Crippen molar-refractivity contribution in [2.75, 3.05) is 18.8 Å². The van der Waals surface area contributed by atoms with Crippen LogP contribution in [0.2, 0.25) is 0 Å². The van der Waals surface area contributed by atoms with E-state index in [2.05, 4.69) is 9.88 Å². The van der Waals surface area contributed by atoms with E-state index in [1.807, 2.05) is 44.0 Å². The van der Waals surface area contributed by atoms with E-state index < -0.39 is 5.60 Å². The zero-order chi connectivity index (χ0) is 15.9. The lowest BCUT2D eigenvalue weighted by Gasteiger charge is -2.55. The van der Waals surface area contributed by atoms with Crippen LogP contribution in [0.3, 0.4) is 0 Å². The molecular formula is C16H24N4O2. The zero-order valence-electron chi connectivity index (χ0n) is 13.5. The number of piperazine rings is 1. The minimum absolute atomic E-state index is 0.178. The molecule has 1 aromatic heterocycles. The Hall–Kier alpha value is -1.82. The molecule has 0 radical (unpaired) electrons. The number of carbonyl (C=O) groups excluding carboxylic acids is 1. The lowest BCUT2D eigenvalue weighted by molar-refractivity contribution is -0.0782. The number of fused-ring (bicyclic) bond motifs is 2. The summed E-state index contributed by atoms with van der Waals surface area (Å²) in [4.78, 5) is 20.6. The molecule has 22 heavy (non-hydrogen) atoms. The topological polar surface area (TPSA) is 71.7 Å². The summed E-state index contributed by atoms with van der Waals surface area (Å²) >= 11 is 0. The van der Waals surface area contributed by atoms with Crippen LogP contribution in [-0.4, -0.2) is 51.7 Å². The van der Waals surface area contributed by atoms with Crippen molar-refractivity contribution in [1.29, 1.82) is 0 Å². The van der Waals surface area contributed by atoms with E-state index in [-0.39, 0.29) is 18.2 Å². The van der Waals surface area contributed by atoms with Gasteiger partial charge in [0, 0.05) is 25.8 Å². The van der Waals surface area contributed by atoms with Gasteiger partial charge in [0.1, 0.15) is 11.4 Å². The second-order valence-corrected chi connectivity index (χ2v) is 7.22. The minimum Gasteiger partial charge on any atom is -0.444 e. The largest absolute Gasteiger partial charge is 0.444 e. The molecule has 1 amide bonds. The number of amides is 1. The van der Waals surface area contributed by atoms with E-state index in [4.69, 9.17) is 10.5 Å². The number of hydrogen-bond acceptors (Lipinski definition) is 5. The van der Waals surface area contributed by atoms with Gasteiger partial charge in [-0.25, -0.2) is 9.78 Å². The number of hydrogen-bond donors (Lipinski definition) is 1. The highest BCUT2D eigenvalue weighted by Gasteiger charge is 2.48. The number of anilines is 1. The van der Waals surface area contributed by atoms with Crippen molar-refractivity contribution in [3.63, 3.8) is 0 Å². The highest BCUT2D eigenvalue weighted by Crippen LogP contribution is 2.34. The number of aromatic nitrogens is 1. The fourth-order valence-electron chi connectivity index (χ4n) is 3.23. The first-order valence-corrected chi connectivity index (χ1v) is 7.76. The van der Waals surface area contributed by atoms with E-state index in [1.165, 1.54) is 0 Å². The number of nitrogen functional groups attached to an aromatic ring is 1. The van der Waals surface area contributed by atoms with Crippen LogP contribution >= 0.6 is 0 Å². The van der Waals surface area contributed by atoms with Gasteiger partial charge in [-0.15, -0.1) is 0 Å². The first-order valence-electron chi connectivity index (χ1n) is 7.76. The molecule has 2 atom stereocenters. The van der Waals surface area contributed by atoms with Crippen LogP contribution in [0, 0.1) is 0 Å². The number of pyridine rings is 1. The molecule has 1 aromatic rings. The molecule has 2 unspecified atom stereocenters. The van der Waals surface area contributed by atoms with Crippen LogP contribution in [0.15, 0.2) is 18.3 Å². The lowest BCUT2D eigenvalue weighted by Crippen LogP contribution is -2.70. The lowest BCUT2D eigenvalue weighted by atomic mass is 9.88. The Morgan fingerprint density at radius 1 is 1.36 bits per heavy atom. The zero-order valence-corrected chi connectivity index (χ0v) is 13.5. The number of nitrogens with zero attached hydrogens (tertiary/aromatic N) is 3. The van der Waals surface area contributed by atoms with Gasteiger partial charge in [0.25, 0.3) is 0 Å². The Labute approximate surface area is 131 Å². The van der Waals surface area contributed by atoms with E-state index in [0.29, 0.717) is 5.82 Å². The second kappa shape index (κ2) is 5.43. The Balaban J connectivity index is 1.56. The first kappa shape index (κ1) is 15.1. The van der Waals surface area contributed by atoms with Crippen LogP contribution in [0.25, 0.3) is 0 Å². The summed E-state index contributed by atoms with van der Waals surface area (Å²) in [7, 11) is 0. The quantitative estimate of drug-likeness (QED) is 0.903. The third-order valence-electron chi connectivity index (χ3n) is 4.13. The number of rotatable bonds is 2. The number of ether oxygens (including phenoxy) is 1. The maximum absolute atomic E-state index is 12.2. The molecule has 3 fully saturated rings. The smallest absolute Gasteiger partial charge is 0.410 e. The molecule has 6 nitrogen and oxygen atoms in total. The summed E-state index contributed by atoms with van der Waals surface area (Å²) in [6.45, 7) is 8.34. The van der Waals surface area contributed by atoms with Crippen molar-refractivity contribution in [3.8, 4) is 0 Å². The number of piperidine rings is 1. The molecule has 0 spiro atoms. The van der Waals surface area contributed by atoms with E-state index in [9.17, 15) is 4.79 Å². The Morgan fingerprint density at radius 3 is 2.59 bits per heavy atom. The average Bonchev–Trinajstić information content (AvgIpc) is 2.39. The van der Waals surface area contributed by atoms with Gasteiger partial charge in [-0.1, -0.05) is 6.07 Å². The van der Waals surface area contributed by atoms with Gasteiger partial charge in [-0.05, 0) is 38.8 Å². The van der Waals surface area contributed by atoms with E-state index in [1.54, 1.807) is 0 Å². The maximum atomic E-state index is 12.2. The van der Waals surface area contributed by atoms with Gasteiger partial charge >= 0.3 is 6.09 Å². The summed E-state index contributed by atoms with van der Waals surface area (Å²) in [6, 6.07) is 4.38. The summed E-state index contributed by atoms with van der Waals surface area (Å²) in [5.41, 5.74) is 6.33. The Bertz CT molecular complexity index is 540. The molecule has 3 aliphatic rings. The average molecular weight is 304 g/mol. The standard InChI is InChI=1S/C16H24N4O2/c1-16(2,3)22-15(21)20-12-6-13(20)10-19(9-12)8-11-4-5-14(17)18-7-11/h4-5,7,12-13H,6,8-10H2,1-3H3,(H2,17,18). The molecule has 3 aliphatic heterocycles. The molecule has 3 saturated heterocycles. The predicted octanol–water partition coefficient (Wildman–Crippen LogP) is 1.86. The molecular weight excluding hydrogens is 280 g/mol. The number of carbonyl (C=O) groups is 1. The van der Waals surface area contributed by atoms with Crippen molar-refractivity contribution in [2.24, 2.45) is 0 Å². The first-order chi connectivity index (χ1) is 10.3. The minimum atomic E-state index is -0.434. The summed E-state index contributed by atoms with van der Waals surface area (Å²) in [6.07, 6.45) is 2.72. The highest BCUT2D eigenvalue weighted by molar-refractivity contribution is 5.70. The third-order valence-corrected chi connectivity index (χ3v) is 4.13. The highest BCUT2D eigenvalue weighted by atomic mass is 16.6. The van der Waals surface area contributed by atoms with Crippen molar-refractivity contribution in [1.82, 2.24) is 14.8 Å². The molecule has 0 aliphatic carbocycles. The third kappa shape index (κ3) is 3.16. The van der Waals surface area contributed by atoms with Gasteiger partial charge in [-0.2, -0.15) is 0 Å². The summed E-state index contributed by atoms with van der Waals surface area (Å²) < 4.78 is 5.49.